The van der Waals surface area contributed by atoms with E-state index in [9.17, 15) is 0 Å². The number of hydrogen-bond acceptors (Lipinski definition) is 2. The zero-order chi connectivity index (χ0) is 30.2. The van der Waals surface area contributed by atoms with Crippen molar-refractivity contribution in [3.8, 4) is 22.5 Å². The van der Waals surface area contributed by atoms with Crippen molar-refractivity contribution in [1.29, 1.82) is 0 Å². The molecule has 2 heteroatoms. The molecule has 0 bridgehead atoms. The Hall–Kier alpha value is -6.12. The Balaban J connectivity index is 1.35. The fourth-order valence-corrected chi connectivity index (χ4v) is 7.44. The van der Waals surface area contributed by atoms with Crippen LogP contribution in [0.2, 0.25) is 0 Å². The van der Waals surface area contributed by atoms with Crippen LogP contribution < -0.4 is 0 Å². The molecule has 46 heavy (non-hydrogen) atoms. The highest BCUT2D eigenvalue weighted by atomic mass is 14.7. The molecule has 0 unspecified atom stereocenters. The maximum Gasteiger partial charge on any atom is 0.0709 e. The first-order valence-corrected chi connectivity index (χ1v) is 15.8. The summed E-state index contributed by atoms with van der Waals surface area (Å²) >= 11 is 0. The highest BCUT2D eigenvalue weighted by Crippen LogP contribution is 2.45. The molecule has 2 nitrogen and oxygen atoms in total. The smallest absolute Gasteiger partial charge is 0.0709 e. The van der Waals surface area contributed by atoms with Crippen molar-refractivity contribution in [2.45, 2.75) is 0 Å². The molecule has 0 amide bonds. The molecule has 0 aliphatic carbocycles. The first-order chi connectivity index (χ1) is 22.8. The Labute approximate surface area is 265 Å². The SMILES string of the molecule is c1ccc2nc(-c3ccc4c5ccc(-c6ccc7ccccc7n6)cc5c5c6ccccc6c6ccccc6c5c4c3)ccc2c1. The van der Waals surface area contributed by atoms with Gasteiger partial charge in [-0.25, -0.2) is 9.97 Å². The largest absolute Gasteiger partial charge is 0.248 e. The predicted octanol–water partition coefficient (Wildman–Crippen LogP) is 11.9. The minimum Gasteiger partial charge on any atom is -0.248 e. The lowest BCUT2D eigenvalue weighted by molar-refractivity contribution is 1.40. The highest BCUT2D eigenvalue weighted by Gasteiger charge is 2.17. The van der Waals surface area contributed by atoms with Gasteiger partial charge in [0, 0.05) is 21.9 Å². The van der Waals surface area contributed by atoms with Gasteiger partial charge in [0.15, 0.2) is 0 Å². The molecular formula is C44H26N2. The van der Waals surface area contributed by atoms with Gasteiger partial charge in [0.1, 0.15) is 0 Å². The van der Waals surface area contributed by atoms with E-state index in [0.29, 0.717) is 0 Å². The molecule has 212 valence electrons. The average Bonchev–Trinajstić information content (AvgIpc) is 3.13. The van der Waals surface area contributed by atoms with Crippen LogP contribution in [-0.2, 0) is 0 Å². The fraction of sp³-hybridized carbons (Fsp3) is 0. The third kappa shape index (κ3) is 3.71. The van der Waals surface area contributed by atoms with Gasteiger partial charge in [-0.15, -0.1) is 0 Å². The first-order valence-electron chi connectivity index (χ1n) is 15.8. The van der Waals surface area contributed by atoms with Gasteiger partial charge >= 0.3 is 0 Å². The number of benzene rings is 8. The Morgan fingerprint density at radius 3 is 1.15 bits per heavy atom. The van der Waals surface area contributed by atoms with Gasteiger partial charge in [0.25, 0.3) is 0 Å². The summed E-state index contributed by atoms with van der Waals surface area (Å²) in [6.45, 7) is 0. The molecule has 2 heterocycles. The van der Waals surface area contributed by atoms with Crippen LogP contribution in [0.25, 0.3) is 98.2 Å². The molecule has 8 aromatic carbocycles. The molecule has 0 spiro atoms. The molecule has 0 saturated heterocycles. The zero-order valence-electron chi connectivity index (χ0n) is 24.9. The summed E-state index contributed by atoms with van der Waals surface area (Å²) in [4.78, 5) is 10.1. The normalized spacial score (nSPS) is 11.9. The number of pyridine rings is 2. The van der Waals surface area contributed by atoms with E-state index in [1.807, 2.05) is 0 Å². The minimum absolute atomic E-state index is 0.983. The van der Waals surface area contributed by atoms with Crippen molar-refractivity contribution in [2.24, 2.45) is 0 Å². The molecule has 0 aliphatic rings. The van der Waals surface area contributed by atoms with Crippen LogP contribution in [0.5, 0.6) is 0 Å². The molecule has 0 radical (unpaired) electrons. The van der Waals surface area contributed by atoms with E-state index in [1.54, 1.807) is 0 Å². The van der Waals surface area contributed by atoms with Crippen molar-refractivity contribution in [2.75, 3.05) is 0 Å². The lowest BCUT2D eigenvalue weighted by Gasteiger charge is -2.18. The van der Waals surface area contributed by atoms with Gasteiger partial charge in [-0.2, -0.15) is 0 Å². The predicted molar refractivity (Wildman–Crippen MR) is 195 cm³/mol. The van der Waals surface area contributed by atoms with E-state index >= 15 is 0 Å². The second kappa shape index (κ2) is 9.69. The quantitative estimate of drug-likeness (QED) is 0.190. The van der Waals surface area contributed by atoms with Crippen molar-refractivity contribution >= 4 is 75.7 Å². The van der Waals surface area contributed by atoms with Crippen molar-refractivity contribution in [1.82, 2.24) is 9.97 Å². The van der Waals surface area contributed by atoms with Crippen LogP contribution >= 0.6 is 0 Å². The molecule has 0 fully saturated rings. The van der Waals surface area contributed by atoms with Gasteiger partial charge in [0.2, 0.25) is 0 Å². The van der Waals surface area contributed by atoms with Crippen LogP contribution in [0.15, 0.2) is 158 Å². The molecule has 0 saturated carbocycles. The maximum absolute atomic E-state index is 5.07. The van der Waals surface area contributed by atoms with Gasteiger partial charge in [-0.05, 0) is 90.3 Å². The minimum atomic E-state index is 0.983. The third-order valence-corrected chi connectivity index (χ3v) is 9.59. The number of para-hydroxylation sites is 2. The lowest BCUT2D eigenvalue weighted by Crippen LogP contribution is -1.91. The third-order valence-electron chi connectivity index (χ3n) is 9.59. The summed E-state index contributed by atoms with van der Waals surface area (Å²) < 4.78 is 0. The molecule has 0 aliphatic heterocycles. The summed E-state index contributed by atoms with van der Waals surface area (Å²) in [5.41, 5.74) is 6.22. The summed E-state index contributed by atoms with van der Waals surface area (Å²) in [5, 5.41) is 14.9. The number of rotatable bonds is 2. The van der Waals surface area contributed by atoms with Gasteiger partial charge in [0.05, 0.1) is 22.4 Å². The first kappa shape index (κ1) is 25.2. The second-order valence-corrected chi connectivity index (χ2v) is 12.1. The fourth-order valence-electron chi connectivity index (χ4n) is 7.44. The number of hydrogen-bond donors (Lipinski definition) is 0. The van der Waals surface area contributed by atoms with E-state index in [-0.39, 0.29) is 0 Å². The van der Waals surface area contributed by atoms with E-state index in [4.69, 9.17) is 9.97 Å². The highest BCUT2D eigenvalue weighted by molar-refractivity contribution is 6.39. The second-order valence-electron chi connectivity index (χ2n) is 12.1. The number of nitrogens with zero attached hydrogens (tertiary/aromatic N) is 2. The summed E-state index contributed by atoms with van der Waals surface area (Å²) in [5.74, 6) is 0. The Morgan fingerprint density at radius 2 is 0.674 bits per heavy atom. The monoisotopic (exact) mass is 582 g/mol. The molecule has 10 rings (SSSR count). The summed E-state index contributed by atoms with van der Waals surface area (Å²) in [6.07, 6.45) is 0. The Bertz CT molecular complexity index is 2670. The van der Waals surface area contributed by atoms with E-state index in [1.165, 1.54) is 53.9 Å². The molecular weight excluding hydrogens is 556 g/mol. The standard InChI is InChI=1S/C44H26N2/c1-7-15-39-27(9-1)19-23-41(45-39)29-17-21-33-34-22-18-30(42-24-20-28-10-2-8-16-40(28)46-42)26-38(34)44-36-14-6-4-12-32(36)31-11-3-5-13-35(31)43(44)37(33)25-29/h1-26H. The summed E-state index contributed by atoms with van der Waals surface area (Å²) in [6, 6.07) is 56.7. The van der Waals surface area contributed by atoms with Crippen LogP contribution in [0.3, 0.4) is 0 Å². The van der Waals surface area contributed by atoms with Crippen LogP contribution in [0, 0.1) is 0 Å². The van der Waals surface area contributed by atoms with Crippen LogP contribution in [0.4, 0.5) is 0 Å². The molecule has 10 aromatic rings. The Kier molecular flexibility index (Phi) is 5.31. The van der Waals surface area contributed by atoms with Crippen LogP contribution in [-0.4, -0.2) is 9.97 Å². The van der Waals surface area contributed by atoms with E-state index in [0.717, 1.165) is 44.3 Å². The molecule has 2 aromatic heterocycles. The topological polar surface area (TPSA) is 25.8 Å². The zero-order valence-corrected chi connectivity index (χ0v) is 24.9. The molecule has 0 N–H and O–H groups in total. The lowest BCUT2D eigenvalue weighted by atomic mass is 9.86. The summed E-state index contributed by atoms with van der Waals surface area (Å²) in [7, 11) is 0. The van der Waals surface area contributed by atoms with Gasteiger partial charge in [-0.3, -0.25) is 0 Å². The van der Waals surface area contributed by atoms with Crippen molar-refractivity contribution < 1.29 is 0 Å². The van der Waals surface area contributed by atoms with Crippen molar-refractivity contribution in [3.05, 3.63) is 158 Å². The maximum atomic E-state index is 5.07. The van der Waals surface area contributed by atoms with Gasteiger partial charge in [-0.1, -0.05) is 121 Å². The number of fused-ring (bicyclic) bond motifs is 13. The average molecular weight is 583 g/mol. The van der Waals surface area contributed by atoms with Crippen LogP contribution in [0.1, 0.15) is 0 Å². The van der Waals surface area contributed by atoms with E-state index < -0.39 is 0 Å². The Morgan fingerprint density at radius 1 is 0.283 bits per heavy atom. The van der Waals surface area contributed by atoms with Gasteiger partial charge < -0.3 is 0 Å². The number of aromatic nitrogens is 2. The molecule has 0 atom stereocenters. The van der Waals surface area contributed by atoms with E-state index in [2.05, 4.69) is 158 Å². The van der Waals surface area contributed by atoms with Crippen molar-refractivity contribution in [3.63, 3.8) is 0 Å².